The maximum atomic E-state index is 13.5. The molecule has 0 aliphatic carbocycles. The van der Waals surface area contributed by atoms with Gasteiger partial charge in [-0.05, 0) is 24.6 Å². The van der Waals surface area contributed by atoms with Crippen LogP contribution in [0.3, 0.4) is 0 Å². The van der Waals surface area contributed by atoms with Gasteiger partial charge in [0.2, 0.25) is 0 Å². The Morgan fingerprint density at radius 3 is 2.73 bits per heavy atom. The van der Waals surface area contributed by atoms with Gasteiger partial charge in [-0.15, -0.1) is 0 Å². The molecule has 2 nitrogen and oxygen atoms in total. The van der Waals surface area contributed by atoms with Crippen molar-refractivity contribution < 1.29 is 9.50 Å². The number of hydrogen-bond acceptors (Lipinski definition) is 2. The van der Waals surface area contributed by atoms with E-state index in [1.807, 2.05) is 6.92 Å². The standard InChI is InChI=1S/C11H15BrFNO/c1-2-7(6-15)11(14)9-5-8(12)3-4-10(9)13/h3-5,7,11,15H,2,6,14H2,1H3. The molecule has 15 heavy (non-hydrogen) atoms. The van der Waals surface area contributed by atoms with Crippen LogP contribution in [0.4, 0.5) is 4.39 Å². The first-order valence-electron chi connectivity index (χ1n) is 4.91. The van der Waals surface area contributed by atoms with Gasteiger partial charge in [0, 0.05) is 28.6 Å². The lowest BCUT2D eigenvalue weighted by atomic mass is 9.92. The van der Waals surface area contributed by atoms with Crippen LogP contribution in [0.15, 0.2) is 22.7 Å². The van der Waals surface area contributed by atoms with Crippen LogP contribution in [-0.2, 0) is 0 Å². The predicted molar refractivity (Wildman–Crippen MR) is 61.9 cm³/mol. The Balaban J connectivity index is 2.98. The molecule has 1 aromatic rings. The SMILES string of the molecule is CCC(CO)C(N)c1cc(Br)ccc1F. The molecule has 0 amide bonds. The zero-order chi connectivity index (χ0) is 11.4. The highest BCUT2D eigenvalue weighted by atomic mass is 79.9. The molecule has 4 heteroatoms. The Hall–Kier alpha value is -0.450. The van der Waals surface area contributed by atoms with E-state index in [1.165, 1.54) is 6.07 Å². The van der Waals surface area contributed by atoms with Crippen LogP contribution in [0.1, 0.15) is 24.9 Å². The molecule has 1 aromatic carbocycles. The van der Waals surface area contributed by atoms with Crippen LogP contribution in [0.5, 0.6) is 0 Å². The van der Waals surface area contributed by atoms with E-state index in [1.54, 1.807) is 12.1 Å². The Morgan fingerprint density at radius 1 is 1.53 bits per heavy atom. The maximum Gasteiger partial charge on any atom is 0.128 e. The Kier molecular flexibility index (Phi) is 4.70. The third-order valence-corrected chi connectivity index (χ3v) is 3.08. The molecule has 0 saturated heterocycles. The van der Waals surface area contributed by atoms with Crippen LogP contribution in [-0.4, -0.2) is 11.7 Å². The minimum Gasteiger partial charge on any atom is -0.396 e. The Morgan fingerprint density at radius 2 is 2.20 bits per heavy atom. The van der Waals surface area contributed by atoms with Crippen molar-refractivity contribution >= 4 is 15.9 Å². The molecule has 0 fully saturated rings. The van der Waals surface area contributed by atoms with Crippen LogP contribution >= 0.6 is 15.9 Å². The molecule has 3 N–H and O–H groups in total. The summed E-state index contributed by atoms with van der Waals surface area (Å²) in [5.41, 5.74) is 6.36. The van der Waals surface area contributed by atoms with Crippen molar-refractivity contribution in [1.82, 2.24) is 0 Å². The van der Waals surface area contributed by atoms with E-state index in [0.29, 0.717) is 5.56 Å². The Labute approximate surface area is 97.4 Å². The second kappa shape index (κ2) is 5.58. The summed E-state index contributed by atoms with van der Waals surface area (Å²) in [6.45, 7) is 1.90. The molecule has 0 spiro atoms. The number of aliphatic hydroxyl groups is 1. The summed E-state index contributed by atoms with van der Waals surface area (Å²) in [6.07, 6.45) is 0.726. The maximum absolute atomic E-state index is 13.5. The van der Waals surface area contributed by atoms with E-state index >= 15 is 0 Å². The van der Waals surface area contributed by atoms with E-state index in [-0.39, 0.29) is 18.3 Å². The first-order chi connectivity index (χ1) is 7.10. The third kappa shape index (κ3) is 3.00. The van der Waals surface area contributed by atoms with Gasteiger partial charge in [-0.1, -0.05) is 22.9 Å². The highest BCUT2D eigenvalue weighted by molar-refractivity contribution is 9.10. The zero-order valence-corrected chi connectivity index (χ0v) is 10.2. The number of hydrogen-bond donors (Lipinski definition) is 2. The molecule has 2 atom stereocenters. The molecule has 0 aliphatic heterocycles. The van der Waals surface area contributed by atoms with E-state index in [9.17, 15) is 4.39 Å². The largest absolute Gasteiger partial charge is 0.396 e. The molecule has 0 aliphatic rings. The first-order valence-corrected chi connectivity index (χ1v) is 5.70. The summed E-state index contributed by atoms with van der Waals surface area (Å²) in [5, 5.41) is 9.10. The van der Waals surface area contributed by atoms with Gasteiger partial charge < -0.3 is 10.8 Å². The zero-order valence-electron chi connectivity index (χ0n) is 8.58. The van der Waals surface area contributed by atoms with Crippen LogP contribution < -0.4 is 5.73 Å². The minimum atomic E-state index is -0.461. The fraction of sp³-hybridized carbons (Fsp3) is 0.455. The lowest BCUT2D eigenvalue weighted by Crippen LogP contribution is -2.24. The molecule has 0 heterocycles. The fourth-order valence-corrected chi connectivity index (χ4v) is 1.90. The summed E-state index contributed by atoms with van der Waals surface area (Å²) in [4.78, 5) is 0. The van der Waals surface area contributed by atoms with Gasteiger partial charge in [-0.2, -0.15) is 0 Å². The van der Waals surface area contributed by atoms with Gasteiger partial charge in [-0.3, -0.25) is 0 Å². The van der Waals surface area contributed by atoms with Gasteiger partial charge in [0.15, 0.2) is 0 Å². The summed E-state index contributed by atoms with van der Waals surface area (Å²) in [5.74, 6) is -0.425. The molecule has 0 radical (unpaired) electrons. The number of halogens is 2. The van der Waals surface area contributed by atoms with E-state index in [4.69, 9.17) is 10.8 Å². The summed E-state index contributed by atoms with van der Waals surface area (Å²) < 4.78 is 14.3. The topological polar surface area (TPSA) is 46.2 Å². The normalized spacial score (nSPS) is 15.0. The lowest BCUT2D eigenvalue weighted by molar-refractivity contribution is 0.199. The molecule has 1 rings (SSSR count). The van der Waals surface area contributed by atoms with E-state index < -0.39 is 6.04 Å². The monoisotopic (exact) mass is 275 g/mol. The van der Waals surface area contributed by atoms with Gasteiger partial charge >= 0.3 is 0 Å². The minimum absolute atomic E-state index is 0.0242. The number of nitrogens with two attached hydrogens (primary N) is 1. The van der Waals surface area contributed by atoms with Gasteiger partial charge in [0.1, 0.15) is 5.82 Å². The number of benzene rings is 1. The average Bonchev–Trinajstić information content (AvgIpc) is 2.23. The molecule has 84 valence electrons. The van der Waals surface area contributed by atoms with Crippen molar-refractivity contribution in [3.8, 4) is 0 Å². The van der Waals surface area contributed by atoms with Crippen molar-refractivity contribution in [2.24, 2.45) is 11.7 Å². The van der Waals surface area contributed by atoms with Gasteiger partial charge in [0.25, 0.3) is 0 Å². The summed E-state index contributed by atoms with van der Waals surface area (Å²) in [6, 6.07) is 4.21. The third-order valence-electron chi connectivity index (χ3n) is 2.58. The lowest BCUT2D eigenvalue weighted by Gasteiger charge is -2.21. The van der Waals surface area contributed by atoms with Crippen molar-refractivity contribution in [2.75, 3.05) is 6.61 Å². The predicted octanol–water partition coefficient (Wildman–Crippen LogP) is 2.61. The van der Waals surface area contributed by atoms with Gasteiger partial charge in [0.05, 0.1) is 0 Å². The van der Waals surface area contributed by atoms with Crippen LogP contribution in [0, 0.1) is 11.7 Å². The van der Waals surface area contributed by atoms with E-state index in [0.717, 1.165) is 10.9 Å². The smallest absolute Gasteiger partial charge is 0.128 e. The van der Waals surface area contributed by atoms with Crippen molar-refractivity contribution in [3.63, 3.8) is 0 Å². The quantitative estimate of drug-likeness (QED) is 0.888. The fourth-order valence-electron chi connectivity index (χ4n) is 1.52. The second-order valence-corrected chi connectivity index (χ2v) is 4.46. The molecule has 0 bridgehead atoms. The van der Waals surface area contributed by atoms with Crippen molar-refractivity contribution in [3.05, 3.63) is 34.1 Å². The van der Waals surface area contributed by atoms with Crippen LogP contribution in [0.2, 0.25) is 0 Å². The first kappa shape index (κ1) is 12.6. The van der Waals surface area contributed by atoms with Gasteiger partial charge in [-0.25, -0.2) is 4.39 Å². The molecular formula is C11H15BrFNO. The average molecular weight is 276 g/mol. The molecule has 2 unspecified atom stereocenters. The second-order valence-electron chi connectivity index (χ2n) is 3.54. The summed E-state index contributed by atoms with van der Waals surface area (Å²) >= 11 is 3.27. The number of rotatable bonds is 4. The highest BCUT2D eigenvalue weighted by Crippen LogP contribution is 2.26. The highest BCUT2D eigenvalue weighted by Gasteiger charge is 2.20. The van der Waals surface area contributed by atoms with Crippen molar-refractivity contribution in [2.45, 2.75) is 19.4 Å². The molecule has 0 saturated carbocycles. The van der Waals surface area contributed by atoms with E-state index in [2.05, 4.69) is 15.9 Å². The van der Waals surface area contributed by atoms with Crippen molar-refractivity contribution in [1.29, 1.82) is 0 Å². The van der Waals surface area contributed by atoms with Crippen LogP contribution in [0.25, 0.3) is 0 Å². The summed E-state index contributed by atoms with van der Waals surface area (Å²) in [7, 11) is 0. The molecule has 0 aromatic heterocycles. The molecular weight excluding hydrogens is 261 g/mol. The number of aliphatic hydroxyl groups excluding tert-OH is 1. The Bertz CT molecular complexity index is 328.